The Morgan fingerprint density at radius 2 is 1.73 bits per heavy atom. The minimum absolute atomic E-state index is 0.0747. The fourth-order valence-corrected chi connectivity index (χ4v) is 5.24. The number of nitrogens with one attached hydrogen (secondary N) is 1. The number of aliphatic hydroxyl groups is 2. The number of benzene rings is 2. The standard InChI is InChI=1S/C24H25NO8/c1-11-32-10-16(33-11)24(31)8-14-17(15(9-24)25-6-7-26)23(30)19-18(22(14)29)20(27)12-4-2-3-5-13(12)21(19)28/h2-5,11,15-16,25-26,29-31H,6-10H2,1H3. The number of hydrogen-bond donors (Lipinski definition) is 5. The molecule has 0 aromatic heterocycles. The van der Waals surface area contributed by atoms with Crippen LogP contribution < -0.4 is 5.32 Å². The molecule has 4 atom stereocenters. The lowest BCUT2D eigenvalue weighted by molar-refractivity contribution is -0.121. The highest BCUT2D eigenvalue weighted by molar-refractivity contribution is 6.30. The molecule has 5 N–H and O–H groups in total. The van der Waals surface area contributed by atoms with Gasteiger partial charge in [0.25, 0.3) is 0 Å². The van der Waals surface area contributed by atoms with Crippen LogP contribution in [0.3, 0.4) is 0 Å². The second-order valence-corrected chi connectivity index (χ2v) is 8.78. The van der Waals surface area contributed by atoms with Crippen molar-refractivity contribution in [1.82, 2.24) is 5.32 Å². The van der Waals surface area contributed by atoms with Crippen LogP contribution in [0.2, 0.25) is 0 Å². The Morgan fingerprint density at radius 1 is 1.09 bits per heavy atom. The van der Waals surface area contributed by atoms with Crippen LogP contribution in [0.5, 0.6) is 11.5 Å². The third-order valence-corrected chi connectivity index (χ3v) is 6.79. The smallest absolute Gasteiger partial charge is 0.198 e. The number of phenolic OH excluding ortho intramolecular Hbond substituents is 2. The minimum Gasteiger partial charge on any atom is -0.507 e. The first-order valence-electron chi connectivity index (χ1n) is 10.9. The second kappa shape index (κ2) is 7.89. The molecule has 1 heterocycles. The molecule has 2 aromatic carbocycles. The van der Waals surface area contributed by atoms with E-state index in [2.05, 4.69) is 5.32 Å². The van der Waals surface area contributed by atoms with E-state index >= 15 is 0 Å². The molecular weight excluding hydrogens is 430 g/mol. The number of ketones is 2. The van der Waals surface area contributed by atoms with E-state index in [1.165, 1.54) is 12.1 Å². The van der Waals surface area contributed by atoms with Crippen LogP contribution >= 0.6 is 0 Å². The van der Waals surface area contributed by atoms with E-state index in [9.17, 15) is 30.0 Å². The molecule has 0 spiro atoms. The Morgan fingerprint density at radius 3 is 2.30 bits per heavy atom. The predicted octanol–water partition coefficient (Wildman–Crippen LogP) is 0.935. The maximum absolute atomic E-state index is 13.2. The molecule has 0 amide bonds. The molecule has 1 aliphatic heterocycles. The van der Waals surface area contributed by atoms with Gasteiger partial charge in [-0.2, -0.15) is 0 Å². The van der Waals surface area contributed by atoms with Crippen molar-refractivity contribution in [2.75, 3.05) is 19.8 Å². The number of fused-ring (bicyclic) bond motifs is 3. The molecule has 1 fully saturated rings. The Labute approximate surface area is 189 Å². The molecule has 33 heavy (non-hydrogen) atoms. The van der Waals surface area contributed by atoms with Crippen LogP contribution in [0.1, 0.15) is 62.4 Å². The summed E-state index contributed by atoms with van der Waals surface area (Å²) in [5, 5.41) is 46.4. The van der Waals surface area contributed by atoms with E-state index in [-0.39, 0.29) is 66.0 Å². The fraction of sp³-hybridized carbons (Fsp3) is 0.417. The van der Waals surface area contributed by atoms with Crippen molar-refractivity contribution in [2.45, 2.75) is 43.8 Å². The molecule has 0 bridgehead atoms. The summed E-state index contributed by atoms with van der Waals surface area (Å²) < 4.78 is 11.2. The maximum atomic E-state index is 13.2. The highest BCUT2D eigenvalue weighted by Crippen LogP contribution is 2.51. The van der Waals surface area contributed by atoms with Crippen molar-refractivity contribution in [2.24, 2.45) is 0 Å². The highest BCUT2D eigenvalue weighted by atomic mass is 16.7. The number of ether oxygens (including phenoxy) is 2. The van der Waals surface area contributed by atoms with Crippen molar-refractivity contribution in [3.05, 3.63) is 57.6 Å². The van der Waals surface area contributed by atoms with Crippen LogP contribution in [-0.2, 0) is 15.9 Å². The van der Waals surface area contributed by atoms with Gasteiger partial charge in [-0.05, 0) is 13.3 Å². The van der Waals surface area contributed by atoms with E-state index in [4.69, 9.17) is 9.47 Å². The van der Waals surface area contributed by atoms with Gasteiger partial charge in [-0.25, -0.2) is 0 Å². The molecular formula is C24H25NO8. The van der Waals surface area contributed by atoms with E-state index in [1.807, 2.05) is 0 Å². The van der Waals surface area contributed by atoms with E-state index in [0.717, 1.165) is 0 Å². The van der Waals surface area contributed by atoms with Crippen molar-refractivity contribution in [3.8, 4) is 11.5 Å². The number of carbonyl (C=O) groups excluding carboxylic acids is 2. The lowest BCUT2D eigenvalue weighted by Crippen LogP contribution is -2.51. The van der Waals surface area contributed by atoms with Gasteiger partial charge in [0.2, 0.25) is 0 Å². The number of aliphatic hydroxyl groups excluding tert-OH is 1. The number of hydrogen-bond acceptors (Lipinski definition) is 9. The summed E-state index contributed by atoms with van der Waals surface area (Å²) >= 11 is 0. The molecule has 5 rings (SSSR count). The Hall–Kier alpha value is -2.82. The summed E-state index contributed by atoms with van der Waals surface area (Å²) in [7, 11) is 0. The van der Waals surface area contributed by atoms with Crippen molar-refractivity contribution in [3.63, 3.8) is 0 Å². The second-order valence-electron chi connectivity index (χ2n) is 8.78. The first-order chi connectivity index (χ1) is 15.8. The number of phenols is 2. The third-order valence-electron chi connectivity index (χ3n) is 6.79. The SMILES string of the molecule is CC1OCC(C2(O)Cc3c(O)c4c(c(O)c3C(NCCO)C2)C(=O)c2ccccc2C4=O)O1. The summed E-state index contributed by atoms with van der Waals surface area (Å²) in [6.45, 7) is 1.80. The van der Waals surface area contributed by atoms with E-state index in [1.54, 1.807) is 19.1 Å². The molecule has 0 saturated carbocycles. The molecule has 2 aromatic rings. The van der Waals surface area contributed by atoms with Gasteiger partial charge in [0.1, 0.15) is 17.6 Å². The van der Waals surface area contributed by atoms with Crippen LogP contribution in [-0.4, -0.2) is 69.7 Å². The zero-order valence-electron chi connectivity index (χ0n) is 18.0. The van der Waals surface area contributed by atoms with Gasteiger partial charge in [-0.15, -0.1) is 0 Å². The molecule has 174 valence electrons. The average molecular weight is 455 g/mol. The lowest BCUT2D eigenvalue weighted by atomic mass is 9.70. The van der Waals surface area contributed by atoms with Gasteiger partial charge in [-0.3, -0.25) is 9.59 Å². The van der Waals surface area contributed by atoms with Gasteiger partial charge in [0, 0.05) is 41.3 Å². The van der Waals surface area contributed by atoms with Gasteiger partial charge in [0.05, 0.1) is 29.9 Å². The zero-order valence-corrected chi connectivity index (χ0v) is 18.0. The lowest BCUT2D eigenvalue weighted by Gasteiger charge is -2.42. The molecule has 9 nitrogen and oxygen atoms in total. The summed E-state index contributed by atoms with van der Waals surface area (Å²) in [5.41, 5.74) is -1.30. The average Bonchev–Trinajstić information content (AvgIpc) is 3.25. The van der Waals surface area contributed by atoms with Gasteiger partial charge >= 0.3 is 0 Å². The topological polar surface area (TPSA) is 146 Å². The zero-order chi connectivity index (χ0) is 23.5. The first-order valence-corrected chi connectivity index (χ1v) is 10.9. The molecule has 2 aliphatic carbocycles. The number of aromatic hydroxyl groups is 2. The Kier molecular flexibility index (Phi) is 5.26. The summed E-state index contributed by atoms with van der Waals surface area (Å²) in [4.78, 5) is 26.5. The van der Waals surface area contributed by atoms with Crippen LogP contribution in [0.25, 0.3) is 0 Å². The van der Waals surface area contributed by atoms with Gasteiger partial charge in [-0.1, -0.05) is 24.3 Å². The number of rotatable bonds is 4. The Bertz CT molecular complexity index is 1160. The molecule has 1 saturated heterocycles. The maximum Gasteiger partial charge on any atom is 0.198 e. The van der Waals surface area contributed by atoms with Crippen LogP contribution in [0, 0.1) is 0 Å². The number of carbonyl (C=O) groups is 2. The largest absolute Gasteiger partial charge is 0.507 e. The Balaban J connectivity index is 1.70. The monoisotopic (exact) mass is 455 g/mol. The highest BCUT2D eigenvalue weighted by Gasteiger charge is 2.50. The van der Waals surface area contributed by atoms with E-state index in [0.29, 0.717) is 0 Å². The molecule has 4 unspecified atom stereocenters. The van der Waals surface area contributed by atoms with Crippen LogP contribution in [0.4, 0.5) is 0 Å². The normalized spacial score (nSPS) is 28.4. The fourth-order valence-electron chi connectivity index (χ4n) is 5.24. The van der Waals surface area contributed by atoms with Crippen molar-refractivity contribution < 1.29 is 39.5 Å². The van der Waals surface area contributed by atoms with Crippen LogP contribution in [0.15, 0.2) is 24.3 Å². The quantitative estimate of drug-likeness (QED) is 0.363. The van der Waals surface area contributed by atoms with Crippen molar-refractivity contribution in [1.29, 1.82) is 0 Å². The van der Waals surface area contributed by atoms with Gasteiger partial charge < -0.3 is 35.2 Å². The summed E-state index contributed by atoms with van der Waals surface area (Å²) in [5.74, 6) is -1.97. The predicted molar refractivity (Wildman–Crippen MR) is 114 cm³/mol. The summed E-state index contributed by atoms with van der Waals surface area (Å²) in [6.07, 6.45) is -1.25. The molecule has 0 radical (unpaired) electrons. The third kappa shape index (κ3) is 3.27. The first kappa shape index (κ1) is 22.0. The molecule has 3 aliphatic rings. The minimum atomic E-state index is -1.48. The van der Waals surface area contributed by atoms with Crippen molar-refractivity contribution >= 4 is 11.6 Å². The van der Waals surface area contributed by atoms with Gasteiger partial charge in [0.15, 0.2) is 17.9 Å². The van der Waals surface area contributed by atoms with E-state index < -0.39 is 47.1 Å². The summed E-state index contributed by atoms with van der Waals surface area (Å²) in [6, 6.07) is 5.54. The molecule has 9 heteroatoms.